The number of benzene rings is 3. The zero-order valence-corrected chi connectivity index (χ0v) is 25.0. The lowest BCUT2D eigenvalue weighted by Gasteiger charge is -2.35. The molecule has 0 aromatic heterocycles. The summed E-state index contributed by atoms with van der Waals surface area (Å²) in [6.45, 7) is 9.61. The number of amides is 3. The van der Waals surface area contributed by atoms with E-state index in [1.165, 1.54) is 12.1 Å². The third-order valence-electron chi connectivity index (χ3n) is 7.27. The third kappa shape index (κ3) is 8.35. The summed E-state index contributed by atoms with van der Waals surface area (Å²) in [5, 5.41) is 15.6. The van der Waals surface area contributed by atoms with E-state index in [1.807, 2.05) is 61.5 Å². The number of alkyl carbamates (subject to hydrolysis) is 1. The lowest BCUT2D eigenvalue weighted by Crippen LogP contribution is -2.54. The van der Waals surface area contributed by atoms with E-state index in [4.69, 9.17) is 4.74 Å². The van der Waals surface area contributed by atoms with Gasteiger partial charge in [0.15, 0.2) is 0 Å². The van der Waals surface area contributed by atoms with Crippen LogP contribution in [0.5, 0.6) is 5.75 Å². The Kier molecular flexibility index (Phi) is 9.55. The van der Waals surface area contributed by atoms with Crippen molar-refractivity contribution in [3.63, 3.8) is 0 Å². The molecule has 3 aromatic carbocycles. The average molecular weight is 572 g/mol. The van der Waals surface area contributed by atoms with Gasteiger partial charge in [0.05, 0.1) is 0 Å². The second-order valence-corrected chi connectivity index (χ2v) is 12.1. The van der Waals surface area contributed by atoms with Crippen molar-refractivity contribution in [2.45, 2.75) is 77.7 Å². The van der Waals surface area contributed by atoms with Crippen molar-refractivity contribution in [3.05, 3.63) is 101 Å². The highest BCUT2D eigenvalue weighted by Crippen LogP contribution is 2.41. The molecule has 0 bridgehead atoms. The highest BCUT2D eigenvalue weighted by molar-refractivity contribution is 5.92. The molecular weight excluding hydrogens is 530 g/mol. The predicted octanol–water partition coefficient (Wildman–Crippen LogP) is 5.43. The molecule has 3 N–H and O–H groups in total. The number of nitrogens with zero attached hydrogens (tertiary/aromatic N) is 1. The average Bonchev–Trinajstić information content (AvgIpc) is 3.66. The van der Waals surface area contributed by atoms with E-state index < -0.39 is 23.8 Å². The SMILES string of the molecule is Cc1ccc(C(C(=O)NCc2ccccc2)N(C(=O)C(Cc2ccc(O)cc2)NC(=O)OC(C)(C)C)C2CC2C)cc1. The molecule has 3 amide bonds. The molecule has 4 unspecified atom stereocenters. The second kappa shape index (κ2) is 13.1. The molecule has 4 rings (SSSR count). The Bertz CT molecular complexity index is 1370. The monoisotopic (exact) mass is 571 g/mol. The van der Waals surface area contributed by atoms with Gasteiger partial charge in [0, 0.05) is 19.0 Å². The Labute approximate surface area is 248 Å². The first kappa shape index (κ1) is 30.6. The van der Waals surface area contributed by atoms with Crippen molar-refractivity contribution in [2.24, 2.45) is 5.92 Å². The molecule has 42 heavy (non-hydrogen) atoms. The van der Waals surface area contributed by atoms with E-state index in [0.29, 0.717) is 12.1 Å². The van der Waals surface area contributed by atoms with Crippen molar-refractivity contribution < 1.29 is 24.2 Å². The molecular formula is C34H41N3O5. The number of nitrogens with one attached hydrogen (secondary N) is 2. The minimum Gasteiger partial charge on any atom is -0.508 e. The van der Waals surface area contributed by atoms with Gasteiger partial charge in [-0.05, 0) is 68.9 Å². The number of carbonyl (C=O) groups excluding carboxylic acids is 3. The number of hydrogen-bond acceptors (Lipinski definition) is 5. The van der Waals surface area contributed by atoms with Crippen LogP contribution in [0.4, 0.5) is 4.79 Å². The van der Waals surface area contributed by atoms with Gasteiger partial charge in [-0.1, -0.05) is 79.2 Å². The van der Waals surface area contributed by atoms with Gasteiger partial charge in [-0.3, -0.25) is 9.59 Å². The molecule has 1 saturated carbocycles. The normalized spacial score (nSPS) is 17.5. The van der Waals surface area contributed by atoms with E-state index in [0.717, 1.165) is 23.1 Å². The first-order chi connectivity index (χ1) is 19.9. The predicted molar refractivity (Wildman–Crippen MR) is 162 cm³/mol. The summed E-state index contributed by atoms with van der Waals surface area (Å²) < 4.78 is 5.51. The van der Waals surface area contributed by atoms with Crippen LogP contribution in [0.3, 0.4) is 0 Å². The van der Waals surface area contributed by atoms with E-state index in [1.54, 1.807) is 37.8 Å². The number of carbonyl (C=O) groups is 3. The quantitative estimate of drug-likeness (QED) is 0.301. The number of ether oxygens (including phenoxy) is 1. The molecule has 0 heterocycles. The van der Waals surface area contributed by atoms with Crippen LogP contribution in [0.25, 0.3) is 0 Å². The fourth-order valence-electron chi connectivity index (χ4n) is 4.94. The van der Waals surface area contributed by atoms with Gasteiger partial charge in [0.2, 0.25) is 11.8 Å². The molecule has 0 aliphatic heterocycles. The van der Waals surface area contributed by atoms with Gasteiger partial charge in [-0.15, -0.1) is 0 Å². The number of phenols is 1. The van der Waals surface area contributed by atoms with Crippen LogP contribution in [-0.2, 0) is 27.3 Å². The van der Waals surface area contributed by atoms with Crippen molar-refractivity contribution in [3.8, 4) is 5.75 Å². The smallest absolute Gasteiger partial charge is 0.408 e. The van der Waals surface area contributed by atoms with Crippen LogP contribution < -0.4 is 10.6 Å². The summed E-state index contributed by atoms with van der Waals surface area (Å²) in [5.41, 5.74) is 2.66. The van der Waals surface area contributed by atoms with E-state index in [2.05, 4.69) is 17.6 Å². The maximum atomic E-state index is 14.5. The van der Waals surface area contributed by atoms with Gasteiger partial charge >= 0.3 is 6.09 Å². The summed E-state index contributed by atoms with van der Waals surface area (Å²) in [7, 11) is 0. The number of rotatable bonds is 10. The van der Waals surface area contributed by atoms with E-state index >= 15 is 0 Å². The number of aromatic hydroxyl groups is 1. The maximum Gasteiger partial charge on any atom is 0.408 e. The molecule has 0 spiro atoms. The molecule has 0 saturated heterocycles. The Morgan fingerprint density at radius 1 is 0.952 bits per heavy atom. The summed E-state index contributed by atoms with van der Waals surface area (Å²) in [4.78, 5) is 43.1. The highest BCUT2D eigenvalue weighted by atomic mass is 16.6. The molecule has 3 aromatic rings. The summed E-state index contributed by atoms with van der Waals surface area (Å²) in [6.07, 6.45) is 0.185. The Morgan fingerprint density at radius 3 is 2.14 bits per heavy atom. The van der Waals surface area contributed by atoms with Crippen LogP contribution in [0, 0.1) is 12.8 Å². The Balaban J connectivity index is 1.70. The second-order valence-electron chi connectivity index (χ2n) is 12.1. The Morgan fingerprint density at radius 2 is 1.57 bits per heavy atom. The topological polar surface area (TPSA) is 108 Å². The molecule has 4 atom stereocenters. The first-order valence-corrected chi connectivity index (χ1v) is 14.4. The van der Waals surface area contributed by atoms with Crippen molar-refractivity contribution in [2.75, 3.05) is 0 Å². The van der Waals surface area contributed by atoms with Crippen molar-refractivity contribution in [1.82, 2.24) is 15.5 Å². The zero-order chi connectivity index (χ0) is 30.4. The third-order valence-corrected chi connectivity index (χ3v) is 7.27. The Hall–Kier alpha value is -4.33. The van der Waals surface area contributed by atoms with Crippen LogP contribution in [0.2, 0.25) is 0 Å². The molecule has 1 aliphatic rings. The van der Waals surface area contributed by atoms with Crippen molar-refractivity contribution in [1.29, 1.82) is 0 Å². The summed E-state index contributed by atoms with van der Waals surface area (Å²) in [6, 6.07) is 21.6. The first-order valence-electron chi connectivity index (χ1n) is 14.4. The molecule has 8 heteroatoms. The number of phenolic OH excluding ortho intramolecular Hbond substituents is 1. The van der Waals surface area contributed by atoms with Gasteiger partial charge in [-0.2, -0.15) is 0 Å². The van der Waals surface area contributed by atoms with Crippen molar-refractivity contribution >= 4 is 17.9 Å². The fourth-order valence-corrected chi connectivity index (χ4v) is 4.94. The van der Waals surface area contributed by atoms with Gasteiger partial charge in [0.1, 0.15) is 23.4 Å². The van der Waals surface area contributed by atoms with Gasteiger partial charge in [-0.25, -0.2) is 4.79 Å². The largest absolute Gasteiger partial charge is 0.508 e. The number of aryl methyl sites for hydroxylation is 1. The summed E-state index contributed by atoms with van der Waals surface area (Å²) >= 11 is 0. The molecule has 222 valence electrons. The van der Waals surface area contributed by atoms with Crippen LogP contribution >= 0.6 is 0 Å². The summed E-state index contributed by atoms with van der Waals surface area (Å²) in [5.74, 6) is -0.371. The van der Waals surface area contributed by atoms with Crippen LogP contribution in [-0.4, -0.2) is 45.6 Å². The lowest BCUT2D eigenvalue weighted by atomic mass is 9.99. The molecule has 1 aliphatic carbocycles. The maximum absolute atomic E-state index is 14.5. The molecule has 1 fully saturated rings. The standard InChI is InChI=1S/C34H41N3O5/c1-22-11-15-26(16-12-22)30(31(39)35-21-25-9-7-6-8-10-25)37(29-19-23(29)2)32(40)28(36-33(41)42-34(3,4)5)20-24-13-17-27(38)18-14-24/h6-18,23,28-30,38H,19-21H2,1-5H3,(H,35,39)(H,36,41). The van der Waals surface area contributed by atoms with E-state index in [-0.39, 0.29) is 35.9 Å². The van der Waals surface area contributed by atoms with E-state index in [9.17, 15) is 19.5 Å². The molecule has 0 radical (unpaired) electrons. The number of hydrogen-bond donors (Lipinski definition) is 3. The minimum atomic E-state index is -1.01. The highest BCUT2D eigenvalue weighted by Gasteiger charge is 2.48. The van der Waals surface area contributed by atoms with Crippen LogP contribution in [0.1, 0.15) is 62.4 Å². The van der Waals surface area contributed by atoms with Gasteiger partial charge in [0.25, 0.3) is 0 Å². The minimum absolute atomic E-state index is 0.102. The fraction of sp³-hybridized carbons (Fsp3) is 0.382. The van der Waals surface area contributed by atoms with Crippen LogP contribution in [0.15, 0.2) is 78.9 Å². The van der Waals surface area contributed by atoms with Gasteiger partial charge < -0.3 is 25.4 Å². The lowest BCUT2D eigenvalue weighted by molar-refractivity contribution is -0.143. The molecule has 8 nitrogen and oxygen atoms in total. The zero-order valence-electron chi connectivity index (χ0n) is 25.0.